The number of hydrogen-bond donors (Lipinski definition) is 1. The van der Waals surface area contributed by atoms with Crippen LogP contribution in [-0.2, 0) is 11.2 Å². The maximum Gasteiger partial charge on any atom is 0.223 e. The first-order valence-electron chi connectivity index (χ1n) is 7.68. The molecular formula is C17H23F2NO2. The molecule has 1 aliphatic rings. The van der Waals surface area contributed by atoms with Gasteiger partial charge in [-0.3, -0.25) is 4.79 Å². The second-order valence-corrected chi connectivity index (χ2v) is 6.57. The van der Waals surface area contributed by atoms with Gasteiger partial charge in [-0.1, -0.05) is 26.8 Å². The highest BCUT2D eigenvalue weighted by Crippen LogP contribution is 2.34. The Bertz CT molecular complexity index is 562. The Kier molecular flexibility index (Phi) is 4.85. The number of amides is 1. The highest BCUT2D eigenvalue weighted by Gasteiger charge is 2.46. The van der Waals surface area contributed by atoms with Crippen LogP contribution in [0.5, 0.6) is 0 Å². The van der Waals surface area contributed by atoms with Gasteiger partial charge in [-0.2, -0.15) is 0 Å². The molecule has 2 atom stereocenters. The van der Waals surface area contributed by atoms with Crippen LogP contribution in [0.1, 0.15) is 32.8 Å². The molecule has 122 valence electrons. The van der Waals surface area contributed by atoms with Gasteiger partial charge in [0, 0.05) is 25.4 Å². The van der Waals surface area contributed by atoms with Gasteiger partial charge in [-0.15, -0.1) is 0 Å². The Morgan fingerprint density at radius 1 is 1.41 bits per heavy atom. The minimum absolute atomic E-state index is 0.0275. The van der Waals surface area contributed by atoms with Gasteiger partial charge in [0.05, 0.1) is 5.60 Å². The summed E-state index contributed by atoms with van der Waals surface area (Å²) in [4.78, 5) is 13.9. The van der Waals surface area contributed by atoms with Crippen molar-refractivity contribution >= 4 is 5.91 Å². The molecule has 1 heterocycles. The van der Waals surface area contributed by atoms with Gasteiger partial charge >= 0.3 is 0 Å². The number of aliphatic hydroxyl groups is 1. The zero-order chi connectivity index (χ0) is 16.5. The van der Waals surface area contributed by atoms with Crippen molar-refractivity contribution in [3.63, 3.8) is 0 Å². The predicted octanol–water partition coefficient (Wildman–Crippen LogP) is 2.76. The second-order valence-electron chi connectivity index (χ2n) is 6.57. The Labute approximate surface area is 129 Å². The topological polar surface area (TPSA) is 40.5 Å². The van der Waals surface area contributed by atoms with Crippen LogP contribution in [-0.4, -0.2) is 34.6 Å². The van der Waals surface area contributed by atoms with Crippen LogP contribution < -0.4 is 0 Å². The molecule has 22 heavy (non-hydrogen) atoms. The number of halogens is 2. The van der Waals surface area contributed by atoms with Crippen molar-refractivity contribution < 1.29 is 18.7 Å². The van der Waals surface area contributed by atoms with Crippen LogP contribution in [0.15, 0.2) is 18.2 Å². The summed E-state index contributed by atoms with van der Waals surface area (Å²) in [6, 6.07) is 3.69. The molecule has 1 aromatic carbocycles. The molecule has 3 nitrogen and oxygen atoms in total. The highest BCUT2D eigenvalue weighted by atomic mass is 19.2. The number of carbonyl (C=O) groups excluding carboxylic acids is 1. The van der Waals surface area contributed by atoms with E-state index in [0.29, 0.717) is 25.1 Å². The minimum atomic E-state index is -0.895. The number of β-amino-alcohol motifs (C(OH)–C–C–N with tert-alkyl or cyclic N) is 1. The van der Waals surface area contributed by atoms with Gasteiger partial charge in [0.1, 0.15) is 0 Å². The summed E-state index contributed by atoms with van der Waals surface area (Å²) in [5, 5.41) is 10.6. The van der Waals surface area contributed by atoms with E-state index < -0.39 is 17.2 Å². The molecule has 0 saturated carbocycles. The molecule has 2 rings (SSSR count). The molecular weight excluding hydrogens is 288 g/mol. The zero-order valence-electron chi connectivity index (χ0n) is 13.3. The van der Waals surface area contributed by atoms with Crippen molar-refractivity contribution in [2.75, 3.05) is 13.1 Å². The molecule has 0 radical (unpaired) electrons. The van der Waals surface area contributed by atoms with E-state index >= 15 is 0 Å². The van der Waals surface area contributed by atoms with Gasteiger partial charge in [0.15, 0.2) is 11.6 Å². The smallest absolute Gasteiger partial charge is 0.223 e. The summed E-state index contributed by atoms with van der Waals surface area (Å²) < 4.78 is 26.0. The summed E-state index contributed by atoms with van der Waals surface area (Å²) in [5.74, 6) is -1.74. The molecule has 5 heteroatoms. The fourth-order valence-electron chi connectivity index (χ4n) is 3.06. The SMILES string of the molecule is CC(C)[C@@]1(O)CN(C(=O)CCc2ccc(F)c(F)c2)C[C@@H]1C. The average Bonchev–Trinajstić information content (AvgIpc) is 2.77. The standard InChI is InChI=1S/C17H23F2NO2/c1-11(2)17(22)10-20(9-12(17)3)16(21)7-5-13-4-6-14(18)15(19)8-13/h4,6,8,11-12,22H,5,7,9-10H2,1-3H3/t12-,17-/m0/s1. The fraction of sp³-hybridized carbons (Fsp3) is 0.588. The van der Waals surface area contributed by atoms with Crippen molar-refractivity contribution in [1.29, 1.82) is 0 Å². The lowest BCUT2D eigenvalue weighted by Crippen LogP contribution is -2.43. The Morgan fingerprint density at radius 3 is 2.64 bits per heavy atom. The van der Waals surface area contributed by atoms with Gasteiger partial charge in [0.25, 0.3) is 0 Å². The number of aryl methyl sites for hydroxylation is 1. The number of nitrogens with zero attached hydrogens (tertiary/aromatic N) is 1. The lowest BCUT2D eigenvalue weighted by molar-refractivity contribution is -0.131. The van der Waals surface area contributed by atoms with Crippen LogP contribution in [0.3, 0.4) is 0 Å². The zero-order valence-corrected chi connectivity index (χ0v) is 13.3. The van der Waals surface area contributed by atoms with Crippen molar-refractivity contribution in [2.45, 2.75) is 39.2 Å². The Hall–Kier alpha value is -1.49. The van der Waals surface area contributed by atoms with Gasteiger partial charge in [0.2, 0.25) is 5.91 Å². The Morgan fingerprint density at radius 2 is 2.09 bits per heavy atom. The maximum absolute atomic E-state index is 13.1. The first-order chi connectivity index (χ1) is 10.2. The molecule has 1 aromatic rings. The molecule has 1 amide bonds. The predicted molar refractivity (Wildman–Crippen MR) is 80.2 cm³/mol. The van der Waals surface area contributed by atoms with Crippen molar-refractivity contribution in [1.82, 2.24) is 4.90 Å². The third-order valence-corrected chi connectivity index (χ3v) is 4.76. The first kappa shape index (κ1) is 16.9. The lowest BCUT2D eigenvalue weighted by atomic mass is 9.82. The number of likely N-dealkylation sites (tertiary alicyclic amines) is 1. The molecule has 0 bridgehead atoms. The lowest BCUT2D eigenvalue weighted by Gasteiger charge is -2.31. The second kappa shape index (κ2) is 6.32. The molecule has 0 aromatic heterocycles. The van der Waals surface area contributed by atoms with E-state index in [1.165, 1.54) is 6.07 Å². The molecule has 0 aliphatic carbocycles. The van der Waals surface area contributed by atoms with Crippen LogP contribution in [0, 0.1) is 23.5 Å². The monoisotopic (exact) mass is 311 g/mol. The molecule has 1 saturated heterocycles. The average molecular weight is 311 g/mol. The fourth-order valence-corrected chi connectivity index (χ4v) is 3.06. The minimum Gasteiger partial charge on any atom is -0.387 e. The van der Waals surface area contributed by atoms with Crippen LogP contribution >= 0.6 is 0 Å². The van der Waals surface area contributed by atoms with Gasteiger partial charge < -0.3 is 10.0 Å². The first-order valence-corrected chi connectivity index (χ1v) is 7.68. The third-order valence-electron chi connectivity index (χ3n) is 4.76. The third kappa shape index (κ3) is 3.29. The number of rotatable bonds is 4. The number of hydrogen-bond acceptors (Lipinski definition) is 2. The summed E-state index contributed by atoms with van der Waals surface area (Å²) in [6.45, 7) is 6.72. The van der Waals surface area contributed by atoms with E-state index in [1.54, 1.807) is 4.90 Å². The normalized spacial score (nSPS) is 25.0. The molecule has 0 unspecified atom stereocenters. The van der Waals surface area contributed by atoms with Crippen molar-refractivity contribution in [2.24, 2.45) is 11.8 Å². The van der Waals surface area contributed by atoms with E-state index in [0.717, 1.165) is 12.1 Å². The van der Waals surface area contributed by atoms with Gasteiger partial charge in [-0.05, 0) is 30.0 Å². The van der Waals surface area contributed by atoms with Gasteiger partial charge in [-0.25, -0.2) is 8.78 Å². The van der Waals surface area contributed by atoms with Crippen molar-refractivity contribution in [3.8, 4) is 0 Å². The van der Waals surface area contributed by atoms with E-state index in [4.69, 9.17) is 0 Å². The van der Waals surface area contributed by atoms with E-state index in [-0.39, 0.29) is 24.2 Å². The van der Waals surface area contributed by atoms with Crippen LogP contribution in [0.4, 0.5) is 8.78 Å². The van der Waals surface area contributed by atoms with Crippen LogP contribution in [0.25, 0.3) is 0 Å². The summed E-state index contributed by atoms with van der Waals surface area (Å²) in [5.41, 5.74) is -0.254. The van der Waals surface area contributed by atoms with Crippen LogP contribution in [0.2, 0.25) is 0 Å². The van der Waals surface area contributed by atoms with Crippen molar-refractivity contribution in [3.05, 3.63) is 35.4 Å². The quantitative estimate of drug-likeness (QED) is 0.929. The maximum atomic E-state index is 13.1. The molecule has 1 fully saturated rings. The number of carbonyl (C=O) groups is 1. The largest absolute Gasteiger partial charge is 0.387 e. The highest BCUT2D eigenvalue weighted by molar-refractivity contribution is 5.77. The number of benzene rings is 1. The summed E-state index contributed by atoms with van der Waals surface area (Å²) in [6.07, 6.45) is 0.590. The summed E-state index contributed by atoms with van der Waals surface area (Å²) >= 11 is 0. The molecule has 1 aliphatic heterocycles. The van der Waals surface area contributed by atoms with E-state index in [2.05, 4.69) is 0 Å². The van der Waals surface area contributed by atoms with E-state index in [1.807, 2.05) is 20.8 Å². The Balaban J connectivity index is 1.95. The van der Waals surface area contributed by atoms with E-state index in [9.17, 15) is 18.7 Å². The molecule has 1 N–H and O–H groups in total. The molecule has 0 spiro atoms. The summed E-state index contributed by atoms with van der Waals surface area (Å²) in [7, 11) is 0.